The second kappa shape index (κ2) is 5.00. The average Bonchev–Trinajstić information content (AvgIpc) is 2.95. The topological polar surface area (TPSA) is 28.7 Å². The summed E-state index contributed by atoms with van der Waals surface area (Å²) in [6.07, 6.45) is 0. The lowest BCUT2D eigenvalue weighted by atomic mass is 10.1. The Bertz CT molecular complexity index is 697. The van der Waals surface area contributed by atoms with Gasteiger partial charge in [0.1, 0.15) is 5.82 Å². The van der Waals surface area contributed by atoms with Crippen molar-refractivity contribution in [3.8, 4) is 22.0 Å². The van der Waals surface area contributed by atoms with Gasteiger partial charge >= 0.3 is 0 Å². The second-order valence-electron chi connectivity index (χ2n) is 4.19. The Hall–Kier alpha value is -1.29. The number of rotatable bonds is 2. The fourth-order valence-electron chi connectivity index (χ4n) is 1.96. The number of H-pyrrole nitrogens is 1. The van der Waals surface area contributed by atoms with Crippen molar-refractivity contribution in [2.45, 2.75) is 6.92 Å². The number of hydrogen-bond acceptors (Lipinski definition) is 2. The molecule has 0 radical (unpaired) electrons. The summed E-state index contributed by atoms with van der Waals surface area (Å²) in [6.45, 7) is 1.99. The minimum absolute atomic E-state index is 0.613. The maximum Gasteiger partial charge on any atom is 0.148 e. The minimum atomic E-state index is 0.613. The van der Waals surface area contributed by atoms with Gasteiger partial charge in [-0.2, -0.15) is 0 Å². The lowest BCUT2D eigenvalue weighted by Gasteiger charge is -2.00. The minimum Gasteiger partial charge on any atom is -0.341 e. The van der Waals surface area contributed by atoms with Gasteiger partial charge in [0.05, 0.1) is 10.6 Å². The number of nitrogens with zero attached hydrogens (tertiary/aromatic N) is 1. The quantitative estimate of drug-likeness (QED) is 0.672. The molecule has 0 atom stereocenters. The third kappa shape index (κ3) is 2.54. The molecule has 0 unspecified atom stereocenters. The van der Waals surface area contributed by atoms with Crippen LogP contribution in [-0.2, 0) is 0 Å². The molecule has 2 aromatic heterocycles. The molecule has 0 amide bonds. The van der Waals surface area contributed by atoms with Gasteiger partial charge in [-0.05, 0) is 36.6 Å². The molecule has 1 aromatic carbocycles. The van der Waals surface area contributed by atoms with E-state index in [9.17, 15) is 0 Å². The largest absolute Gasteiger partial charge is 0.341 e. The highest BCUT2D eigenvalue weighted by molar-refractivity contribution is 7.13. The molecule has 5 heteroatoms. The molecule has 0 aliphatic rings. The molecule has 0 saturated heterocycles. The summed E-state index contributed by atoms with van der Waals surface area (Å²) < 4.78 is 0. The highest BCUT2D eigenvalue weighted by atomic mass is 35.5. The lowest BCUT2D eigenvalue weighted by Crippen LogP contribution is -1.82. The van der Waals surface area contributed by atoms with Crippen LogP contribution < -0.4 is 0 Å². The van der Waals surface area contributed by atoms with Gasteiger partial charge in [-0.25, -0.2) is 4.98 Å². The van der Waals surface area contributed by atoms with Crippen molar-refractivity contribution in [2.24, 2.45) is 0 Å². The zero-order chi connectivity index (χ0) is 13.4. The summed E-state index contributed by atoms with van der Waals surface area (Å²) in [5.41, 5.74) is 2.81. The van der Waals surface area contributed by atoms with E-state index in [-0.39, 0.29) is 0 Å². The molecular weight excluding hydrogens is 299 g/mol. The molecule has 96 valence electrons. The Morgan fingerprint density at radius 2 is 1.89 bits per heavy atom. The van der Waals surface area contributed by atoms with Crippen molar-refractivity contribution in [2.75, 3.05) is 0 Å². The molecular formula is C14H10Cl2N2S. The third-order valence-electron chi connectivity index (χ3n) is 2.78. The Morgan fingerprint density at radius 3 is 2.53 bits per heavy atom. The number of aryl methyl sites for hydroxylation is 1. The molecule has 0 saturated carbocycles. The Balaban J connectivity index is 2.10. The van der Waals surface area contributed by atoms with E-state index in [0.717, 1.165) is 27.7 Å². The number of benzene rings is 1. The predicted molar refractivity (Wildman–Crippen MR) is 82.1 cm³/mol. The van der Waals surface area contributed by atoms with Crippen LogP contribution in [0.15, 0.2) is 35.7 Å². The number of aromatic amines is 1. The smallest absolute Gasteiger partial charge is 0.148 e. The number of imidazole rings is 1. The van der Waals surface area contributed by atoms with E-state index in [1.807, 2.05) is 36.6 Å². The van der Waals surface area contributed by atoms with Gasteiger partial charge in [-0.15, -0.1) is 11.3 Å². The zero-order valence-electron chi connectivity index (χ0n) is 10.1. The highest BCUT2D eigenvalue weighted by Crippen LogP contribution is 2.31. The molecule has 19 heavy (non-hydrogen) atoms. The van der Waals surface area contributed by atoms with Gasteiger partial charge in [-0.3, -0.25) is 0 Å². The van der Waals surface area contributed by atoms with Crippen molar-refractivity contribution in [3.63, 3.8) is 0 Å². The number of thiophene rings is 1. The Morgan fingerprint density at radius 1 is 1.16 bits per heavy atom. The van der Waals surface area contributed by atoms with Crippen LogP contribution in [-0.4, -0.2) is 9.97 Å². The van der Waals surface area contributed by atoms with Gasteiger partial charge in [0, 0.05) is 21.3 Å². The van der Waals surface area contributed by atoms with E-state index in [2.05, 4.69) is 9.97 Å². The number of nitrogens with one attached hydrogen (secondary N) is 1. The average molecular weight is 309 g/mol. The molecule has 3 aromatic rings. The summed E-state index contributed by atoms with van der Waals surface area (Å²) in [6, 6.07) is 9.50. The highest BCUT2D eigenvalue weighted by Gasteiger charge is 2.12. The SMILES string of the molecule is Cc1[nH]c(-c2cccs2)nc1-c1cc(Cl)cc(Cl)c1. The third-order valence-corrected chi connectivity index (χ3v) is 4.09. The fourth-order valence-corrected chi connectivity index (χ4v) is 3.16. The van der Waals surface area contributed by atoms with Crippen LogP contribution >= 0.6 is 34.5 Å². The van der Waals surface area contributed by atoms with E-state index in [4.69, 9.17) is 23.2 Å². The van der Waals surface area contributed by atoms with E-state index in [0.29, 0.717) is 10.0 Å². The van der Waals surface area contributed by atoms with Crippen LogP contribution in [0.5, 0.6) is 0 Å². The van der Waals surface area contributed by atoms with Crippen molar-refractivity contribution in [3.05, 3.63) is 51.5 Å². The molecule has 0 aliphatic carbocycles. The maximum atomic E-state index is 6.04. The van der Waals surface area contributed by atoms with Crippen molar-refractivity contribution in [1.82, 2.24) is 9.97 Å². The van der Waals surface area contributed by atoms with Gasteiger partial charge in [0.2, 0.25) is 0 Å². The van der Waals surface area contributed by atoms with E-state index in [1.54, 1.807) is 17.4 Å². The molecule has 0 aliphatic heterocycles. The summed E-state index contributed by atoms with van der Waals surface area (Å²) in [5, 5.41) is 3.26. The van der Waals surface area contributed by atoms with Crippen molar-refractivity contribution >= 4 is 34.5 Å². The first-order chi connectivity index (χ1) is 9.13. The summed E-state index contributed by atoms with van der Waals surface area (Å²) in [7, 11) is 0. The maximum absolute atomic E-state index is 6.04. The number of halogens is 2. The molecule has 3 rings (SSSR count). The zero-order valence-corrected chi connectivity index (χ0v) is 12.4. The second-order valence-corrected chi connectivity index (χ2v) is 6.02. The van der Waals surface area contributed by atoms with Crippen LogP contribution in [0, 0.1) is 6.92 Å². The molecule has 2 nitrogen and oxygen atoms in total. The summed E-state index contributed by atoms with van der Waals surface area (Å²) >= 11 is 13.7. The first-order valence-electron chi connectivity index (χ1n) is 5.70. The first kappa shape index (κ1) is 12.7. The van der Waals surface area contributed by atoms with Crippen LogP contribution in [0.3, 0.4) is 0 Å². The first-order valence-corrected chi connectivity index (χ1v) is 7.34. The van der Waals surface area contributed by atoms with Crippen molar-refractivity contribution < 1.29 is 0 Å². The molecule has 1 N–H and O–H groups in total. The normalized spacial score (nSPS) is 10.9. The van der Waals surface area contributed by atoms with E-state index >= 15 is 0 Å². The van der Waals surface area contributed by atoms with Gasteiger partial charge in [0.15, 0.2) is 0 Å². The number of hydrogen-bond donors (Lipinski definition) is 1. The molecule has 0 bridgehead atoms. The fraction of sp³-hybridized carbons (Fsp3) is 0.0714. The van der Waals surface area contributed by atoms with Gasteiger partial charge in [-0.1, -0.05) is 29.3 Å². The van der Waals surface area contributed by atoms with E-state index in [1.165, 1.54) is 0 Å². The van der Waals surface area contributed by atoms with Crippen LogP contribution in [0.2, 0.25) is 10.0 Å². The molecule has 0 spiro atoms. The van der Waals surface area contributed by atoms with Crippen LogP contribution in [0.1, 0.15) is 5.69 Å². The monoisotopic (exact) mass is 308 g/mol. The molecule has 0 fully saturated rings. The Labute approximate surface area is 125 Å². The standard InChI is InChI=1S/C14H10Cl2N2S/c1-8-13(9-5-10(15)7-11(16)6-9)18-14(17-8)12-3-2-4-19-12/h2-7H,1H3,(H,17,18). The van der Waals surface area contributed by atoms with E-state index < -0.39 is 0 Å². The van der Waals surface area contributed by atoms with Crippen LogP contribution in [0.4, 0.5) is 0 Å². The Kier molecular flexibility index (Phi) is 3.35. The lowest BCUT2D eigenvalue weighted by molar-refractivity contribution is 1.26. The summed E-state index contributed by atoms with van der Waals surface area (Å²) in [5.74, 6) is 0.874. The molecule has 2 heterocycles. The van der Waals surface area contributed by atoms with Gasteiger partial charge < -0.3 is 4.98 Å². The summed E-state index contributed by atoms with van der Waals surface area (Å²) in [4.78, 5) is 9.05. The predicted octanol–water partition coefficient (Wildman–Crippen LogP) is 5.42. The number of aromatic nitrogens is 2. The van der Waals surface area contributed by atoms with Crippen molar-refractivity contribution in [1.29, 1.82) is 0 Å². The van der Waals surface area contributed by atoms with Crippen LogP contribution in [0.25, 0.3) is 22.0 Å². The van der Waals surface area contributed by atoms with Gasteiger partial charge in [0.25, 0.3) is 0 Å².